The molecule has 0 spiro atoms. The molecule has 4 nitrogen and oxygen atoms in total. The molecule has 2 unspecified atom stereocenters. The van der Waals surface area contributed by atoms with Gasteiger partial charge >= 0.3 is 0 Å². The number of nitrogens with one attached hydrogen (secondary N) is 1. The maximum atomic E-state index is 5.62. The number of hydrogen-bond donors (Lipinski definition) is 1. The summed E-state index contributed by atoms with van der Waals surface area (Å²) in [5, 5.41) is 3.55. The summed E-state index contributed by atoms with van der Waals surface area (Å²) >= 11 is 0. The van der Waals surface area contributed by atoms with Crippen LogP contribution < -0.4 is 5.32 Å². The zero-order valence-electron chi connectivity index (χ0n) is 14.1. The summed E-state index contributed by atoms with van der Waals surface area (Å²) in [7, 11) is 0. The number of hydrogen-bond acceptors (Lipinski definition) is 4. The van der Waals surface area contributed by atoms with Crippen LogP contribution in [0.4, 0.5) is 0 Å². The van der Waals surface area contributed by atoms with E-state index in [9.17, 15) is 0 Å². The number of aryl methyl sites for hydroxylation is 2. The zero-order valence-corrected chi connectivity index (χ0v) is 14.1. The van der Waals surface area contributed by atoms with Gasteiger partial charge in [0.15, 0.2) is 5.82 Å². The minimum absolute atomic E-state index is 0.0145. The number of aromatic nitrogens is 2. The molecule has 1 aromatic heterocycles. The van der Waals surface area contributed by atoms with Crippen molar-refractivity contribution in [3.63, 3.8) is 0 Å². The van der Waals surface area contributed by atoms with Crippen LogP contribution in [0.3, 0.4) is 0 Å². The van der Waals surface area contributed by atoms with Crippen LogP contribution in [0.5, 0.6) is 0 Å². The molecule has 0 bridgehead atoms. The highest BCUT2D eigenvalue weighted by Crippen LogP contribution is 2.27. The first-order chi connectivity index (χ1) is 10.0. The molecule has 1 aliphatic carbocycles. The largest absolute Gasteiger partial charge is 0.371 e. The monoisotopic (exact) mass is 291 g/mol. The average Bonchev–Trinajstić information content (AvgIpc) is 2.45. The third-order valence-corrected chi connectivity index (χ3v) is 4.19. The molecular formula is C17H29N3O. The van der Waals surface area contributed by atoms with Crippen LogP contribution >= 0.6 is 0 Å². The second-order valence-electron chi connectivity index (χ2n) is 6.36. The predicted octanol–water partition coefficient (Wildman–Crippen LogP) is 2.99. The fourth-order valence-corrected chi connectivity index (χ4v) is 2.97. The fraction of sp³-hybridized carbons (Fsp3) is 0.765. The van der Waals surface area contributed by atoms with E-state index in [1.54, 1.807) is 0 Å². The van der Waals surface area contributed by atoms with Crippen LogP contribution in [0.2, 0.25) is 0 Å². The Kier molecular flexibility index (Phi) is 5.71. The quantitative estimate of drug-likeness (QED) is 0.875. The van der Waals surface area contributed by atoms with Gasteiger partial charge in [-0.25, -0.2) is 9.97 Å². The lowest BCUT2D eigenvalue weighted by atomic mass is 9.85. The van der Waals surface area contributed by atoms with E-state index in [2.05, 4.69) is 31.1 Å². The molecule has 2 rings (SSSR count). The van der Waals surface area contributed by atoms with Gasteiger partial charge in [-0.15, -0.1) is 0 Å². The summed E-state index contributed by atoms with van der Waals surface area (Å²) in [6, 6.07) is 0.554. The Hall–Kier alpha value is -1.00. The van der Waals surface area contributed by atoms with Gasteiger partial charge in [-0.3, -0.25) is 0 Å². The minimum atomic E-state index is -0.0145. The van der Waals surface area contributed by atoms with E-state index < -0.39 is 0 Å². The average molecular weight is 291 g/mol. The Labute approximate surface area is 128 Å². The second kappa shape index (κ2) is 7.32. The summed E-state index contributed by atoms with van der Waals surface area (Å²) in [6.45, 7) is 12.3. The van der Waals surface area contributed by atoms with Gasteiger partial charge in [0.1, 0.15) is 6.10 Å². The third-order valence-electron chi connectivity index (χ3n) is 4.19. The summed E-state index contributed by atoms with van der Waals surface area (Å²) in [5.74, 6) is 1.55. The summed E-state index contributed by atoms with van der Waals surface area (Å²) < 4.78 is 5.62. The molecule has 0 saturated heterocycles. The summed E-state index contributed by atoms with van der Waals surface area (Å²) in [6.07, 6.45) is 3.37. The number of fused-ring (bicyclic) bond motifs is 1. The van der Waals surface area contributed by atoms with Crippen LogP contribution in [-0.2, 0) is 17.6 Å². The van der Waals surface area contributed by atoms with Crippen LogP contribution in [0.15, 0.2) is 0 Å². The number of rotatable bonds is 6. The van der Waals surface area contributed by atoms with E-state index in [0.29, 0.717) is 18.6 Å². The lowest BCUT2D eigenvalue weighted by molar-refractivity contribution is 0.0696. The molecule has 1 aliphatic rings. The molecule has 1 aromatic rings. The van der Waals surface area contributed by atoms with E-state index in [-0.39, 0.29) is 6.10 Å². The molecule has 21 heavy (non-hydrogen) atoms. The van der Waals surface area contributed by atoms with Crippen molar-refractivity contribution < 1.29 is 4.74 Å². The summed E-state index contributed by atoms with van der Waals surface area (Å²) in [4.78, 5) is 9.44. The van der Waals surface area contributed by atoms with Crippen molar-refractivity contribution in [2.24, 2.45) is 5.92 Å². The van der Waals surface area contributed by atoms with Crippen molar-refractivity contribution in [1.29, 1.82) is 0 Å². The molecular weight excluding hydrogens is 262 g/mol. The highest BCUT2D eigenvalue weighted by Gasteiger charge is 2.23. The Balaban J connectivity index is 2.11. The fourth-order valence-electron chi connectivity index (χ4n) is 2.97. The van der Waals surface area contributed by atoms with Gasteiger partial charge in [0, 0.05) is 24.0 Å². The first-order valence-corrected chi connectivity index (χ1v) is 8.22. The Bertz CT molecular complexity index is 473. The molecule has 4 heteroatoms. The normalized spacial score (nSPS) is 19.6. The van der Waals surface area contributed by atoms with Gasteiger partial charge in [-0.05, 0) is 58.1 Å². The number of ether oxygens (including phenoxy) is 1. The van der Waals surface area contributed by atoms with Crippen molar-refractivity contribution in [2.45, 2.75) is 66.0 Å². The Morgan fingerprint density at radius 2 is 2.05 bits per heavy atom. The van der Waals surface area contributed by atoms with Crippen molar-refractivity contribution in [3.05, 3.63) is 22.8 Å². The maximum absolute atomic E-state index is 5.62. The SMILES string of the molecule is CCOC(C)c1nc(C)c2c(n1)CCC(CNC(C)C)C2. The van der Waals surface area contributed by atoms with Gasteiger partial charge in [-0.2, -0.15) is 0 Å². The predicted molar refractivity (Wildman–Crippen MR) is 85.5 cm³/mol. The zero-order chi connectivity index (χ0) is 15.4. The first kappa shape index (κ1) is 16.4. The molecule has 118 valence electrons. The molecule has 0 aromatic carbocycles. The van der Waals surface area contributed by atoms with Gasteiger partial charge in [0.25, 0.3) is 0 Å². The van der Waals surface area contributed by atoms with Gasteiger partial charge in [0.05, 0.1) is 0 Å². The van der Waals surface area contributed by atoms with Crippen LogP contribution in [0, 0.1) is 12.8 Å². The van der Waals surface area contributed by atoms with E-state index in [4.69, 9.17) is 9.72 Å². The molecule has 0 radical (unpaired) electrons. The lowest BCUT2D eigenvalue weighted by Crippen LogP contribution is -2.32. The van der Waals surface area contributed by atoms with Gasteiger partial charge in [-0.1, -0.05) is 13.8 Å². The van der Waals surface area contributed by atoms with E-state index in [1.807, 2.05) is 13.8 Å². The minimum Gasteiger partial charge on any atom is -0.371 e. The van der Waals surface area contributed by atoms with E-state index in [1.165, 1.54) is 17.7 Å². The first-order valence-electron chi connectivity index (χ1n) is 8.22. The topological polar surface area (TPSA) is 47.0 Å². The van der Waals surface area contributed by atoms with E-state index >= 15 is 0 Å². The highest BCUT2D eigenvalue weighted by molar-refractivity contribution is 5.28. The van der Waals surface area contributed by atoms with Crippen molar-refractivity contribution in [1.82, 2.24) is 15.3 Å². The van der Waals surface area contributed by atoms with Crippen LogP contribution in [0.25, 0.3) is 0 Å². The smallest absolute Gasteiger partial charge is 0.157 e. The van der Waals surface area contributed by atoms with Crippen LogP contribution in [-0.4, -0.2) is 29.2 Å². The second-order valence-corrected chi connectivity index (χ2v) is 6.36. The molecule has 0 saturated carbocycles. The molecule has 1 N–H and O–H groups in total. The molecule has 2 atom stereocenters. The third kappa shape index (κ3) is 4.24. The standard InChI is InChI=1S/C17H29N3O/c1-6-21-13(5)17-19-12(4)15-9-14(10-18-11(2)3)7-8-16(15)20-17/h11,13-14,18H,6-10H2,1-5H3. The molecule has 0 amide bonds. The molecule has 0 fully saturated rings. The lowest BCUT2D eigenvalue weighted by Gasteiger charge is -2.27. The van der Waals surface area contributed by atoms with Crippen molar-refractivity contribution >= 4 is 0 Å². The van der Waals surface area contributed by atoms with Crippen molar-refractivity contribution in [2.75, 3.05) is 13.2 Å². The summed E-state index contributed by atoms with van der Waals surface area (Å²) in [5.41, 5.74) is 3.74. The van der Waals surface area contributed by atoms with Crippen LogP contribution in [0.1, 0.15) is 63.0 Å². The maximum Gasteiger partial charge on any atom is 0.157 e. The molecule has 0 aliphatic heterocycles. The molecule has 1 heterocycles. The van der Waals surface area contributed by atoms with Gasteiger partial charge in [0.2, 0.25) is 0 Å². The Morgan fingerprint density at radius 3 is 2.71 bits per heavy atom. The van der Waals surface area contributed by atoms with Gasteiger partial charge < -0.3 is 10.1 Å². The highest BCUT2D eigenvalue weighted by atomic mass is 16.5. The van der Waals surface area contributed by atoms with Crippen molar-refractivity contribution in [3.8, 4) is 0 Å². The Morgan fingerprint density at radius 1 is 1.29 bits per heavy atom. The van der Waals surface area contributed by atoms with E-state index in [0.717, 1.165) is 30.9 Å². The number of nitrogens with zero attached hydrogens (tertiary/aromatic N) is 2.